The topological polar surface area (TPSA) is 71.3 Å². The number of hydrogen-bond acceptors (Lipinski definition) is 4. The van der Waals surface area contributed by atoms with Crippen LogP contribution in [0.4, 0.5) is 14.9 Å². The molecule has 0 saturated heterocycles. The molecular formula is C19H18ClFN4O2. The van der Waals surface area contributed by atoms with E-state index < -0.39 is 11.8 Å². The number of rotatable bonds is 6. The highest BCUT2D eigenvalue weighted by atomic mass is 35.5. The van der Waals surface area contributed by atoms with Gasteiger partial charge in [-0.1, -0.05) is 42.8 Å². The molecule has 140 valence electrons. The van der Waals surface area contributed by atoms with Gasteiger partial charge in [0, 0.05) is 6.54 Å². The van der Waals surface area contributed by atoms with Gasteiger partial charge < -0.3 is 14.6 Å². The number of urea groups is 1. The number of carbonyl (C=O) groups excluding carboxylic acids is 1. The van der Waals surface area contributed by atoms with Gasteiger partial charge in [0.25, 0.3) is 0 Å². The van der Waals surface area contributed by atoms with Gasteiger partial charge in [-0.25, -0.2) is 9.18 Å². The molecule has 0 atom stereocenters. The normalized spacial score (nSPS) is 10.6. The second-order valence-corrected chi connectivity index (χ2v) is 6.22. The number of amides is 2. The van der Waals surface area contributed by atoms with Crippen LogP contribution in [0.25, 0.3) is 11.5 Å². The van der Waals surface area contributed by atoms with Crippen molar-refractivity contribution in [1.29, 1.82) is 0 Å². The van der Waals surface area contributed by atoms with E-state index in [2.05, 4.69) is 15.5 Å². The van der Waals surface area contributed by atoms with Crippen molar-refractivity contribution in [3.63, 3.8) is 0 Å². The fraction of sp³-hybridized carbons (Fsp3) is 0.211. The minimum atomic E-state index is -0.499. The van der Waals surface area contributed by atoms with Crippen molar-refractivity contribution in [2.75, 3.05) is 11.9 Å². The number of hydrogen-bond donors (Lipinski definition) is 1. The highest BCUT2D eigenvalue weighted by Crippen LogP contribution is 2.26. The molecule has 2 aromatic carbocycles. The summed E-state index contributed by atoms with van der Waals surface area (Å²) in [6.45, 7) is 2.49. The first-order valence-electron chi connectivity index (χ1n) is 8.46. The predicted molar refractivity (Wildman–Crippen MR) is 101 cm³/mol. The van der Waals surface area contributed by atoms with E-state index in [1.54, 1.807) is 30.3 Å². The quantitative estimate of drug-likeness (QED) is 0.646. The van der Waals surface area contributed by atoms with Crippen molar-refractivity contribution in [3.05, 3.63) is 65.3 Å². The monoisotopic (exact) mass is 388 g/mol. The van der Waals surface area contributed by atoms with E-state index >= 15 is 0 Å². The molecule has 1 heterocycles. The molecule has 0 saturated carbocycles. The third kappa shape index (κ3) is 4.62. The second kappa shape index (κ2) is 8.64. The molecule has 27 heavy (non-hydrogen) atoms. The number of benzene rings is 2. The van der Waals surface area contributed by atoms with Crippen LogP contribution in [0.5, 0.6) is 0 Å². The molecule has 0 aliphatic carbocycles. The number of anilines is 1. The van der Waals surface area contributed by atoms with Gasteiger partial charge in [0.05, 0.1) is 16.3 Å². The van der Waals surface area contributed by atoms with Gasteiger partial charge in [-0.15, -0.1) is 10.2 Å². The molecule has 2 amide bonds. The zero-order chi connectivity index (χ0) is 19.2. The molecule has 8 heteroatoms. The Morgan fingerprint density at radius 3 is 2.67 bits per heavy atom. The third-order valence-corrected chi connectivity index (χ3v) is 4.12. The predicted octanol–water partition coefficient (Wildman–Crippen LogP) is 4.97. The van der Waals surface area contributed by atoms with E-state index in [9.17, 15) is 9.18 Å². The van der Waals surface area contributed by atoms with Crippen LogP contribution in [0.3, 0.4) is 0 Å². The summed E-state index contributed by atoms with van der Waals surface area (Å²) in [7, 11) is 0. The van der Waals surface area contributed by atoms with Gasteiger partial charge in [-0.3, -0.25) is 0 Å². The molecule has 6 nitrogen and oxygen atoms in total. The number of nitrogens with zero attached hydrogens (tertiary/aromatic N) is 3. The fourth-order valence-electron chi connectivity index (χ4n) is 2.50. The number of halogens is 2. The van der Waals surface area contributed by atoms with E-state index in [0.29, 0.717) is 17.1 Å². The van der Waals surface area contributed by atoms with Gasteiger partial charge >= 0.3 is 6.03 Å². The maximum atomic E-state index is 13.8. The van der Waals surface area contributed by atoms with Crippen LogP contribution in [0, 0.1) is 5.82 Å². The fourth-order valence-corrected chi connectivity index (χ4v) is 2.72. The lowest BCUT2D eigenvalue weighted by atomic mass is 10.2. The molecule has 1 aromatic heterocycles. The molecule has 0 aliphatic rings. The van der Waals surface area contributed by atoms with E-state index in [-0.39, 0.29) is 24.0 Å². The molecule has 0 unspecified atom stereocenters. The van der Waals surface area contributed by atoms with Gasteiger partial charge in [-0.2, -0.15) is 0 Å². The molecule has 0 bridgehead atoms. The lowest BCUT2D eigenvalue weighted by Gasteiger charge is -2.21. The summed E-state index contributed by atoms with van der Waals surface area (Å²) in [5, 5.41) is 11.0. The lowest BCUT2D eigenvalue weighted by molar-refractivity contribution is 0.203. The van der Waals surface area contributed by atoms with Crippen molar-refractivity contribution in [2.24, 2.45) is 0 Å². The van der Waals surface area contributed by atoms with Gasteiger partial charge in [0.15, 0.2) is 0 Å². The summed E-state index contributed by atoms with van der Waals surface area (Å²) in [5.41, 5.74) is 0.738. The van der Waals surface area contributed by atoms with Crippen LogP contribution in [-0.2, 0) is 6.54 Å². The Kier molecular flexibility index (Phi) is 6.03. The highest BCUT2D eigenvalue weighted by molar-refractivity contribution is 6.33. The Hall–Kier alpha value is -2.93. The van der Waals surface area contributed by atoms with Gasteiger partial charge in [0.2, 0.25) is 11.8 Å². The van der Waals surface area contributed by atoms with Crippen molar-refractivity contribution < 1.29 is 13.6 Å². The van der Waals surface area contributed by atoms with Crippen molar-refractivity contribution in [3.8, 4) is 11.5 Å². The summed E-state index contributed by atoms with van der Waals surface area (Å²) >= 11 is 6.14. The van der Waals surface area contributed by atoms with Crippen molar-refractivity contribution in [2.45, 2.75) is 19.9 Å². The first-order chi connectivity index (χ1) is 13.1. The number of carbonyl (C=O) groups is 1. The van der Waals surface area contributed by atoms with E-state index in [1.165, 1.54) is 17.0 Å². The first-order valence-corrected chi connectivity index (χ1v) is 8.84. The summed E-state index contributed by atoms with van der Waals surface area (Å²) < 4.78 is 19.4. The standard InChI is InChI=1S/C19H18ClFN4O2/c1-2-11-25(19(26)22-16-10-6-5-9-15(16)21)12-17-23-24-18(27-17)13-7-3-4-8-14(13)20/h3-10H,2,11-12H2,1H3,(H,22,26). The first kappa shape index (κ1) is 18.8. The largest absolute Gasteiger partial charge is 0.419 e. The van der Waals surface area contributed by atoms with Gasteiger partial charge in [0.1, 0.15) is 12.4 Å². The van der Waals surface area contributed by atoms with Crippen LogP contribution in [-0.4, -0.2) is 27.7 Å². The van der Waals surface area contributed by atoms with Crippen LogP contribution >= 0.6 is 11.6 Å². The van der Waals surface area contributed by atoms with E-state index in [1.807, 2.05) is 13.0 Å². The zero-order valence-electron chi connectivity index (χ0n) is 14.7. The molecule has 0 spiro atoms. The highest BCUT2D eigenvalue weighted by Gasteiger charge is 2.19. The van der Waals surface area contributed by atoms with Crippen molar-refractivity contribution in [1.82, 2.24) is 15.1 Å². The molecule has 0 fully saturated rings. The smallest absolute Gasteiger partial charge is 0.322 e. The molecule has 3 aromatic rings. The number of nitrogens with one attached hydrogen (secondary N) is 1. The Morgan fingerprint density at radius 1 is 1.19 bits per heavy atom. The second-order valence-electron chi connectivity index (χ2n) is 5.81. The zero-order valence-corrected chi connectivity index (χ0v) is 15.4. The third-order valence-electron chi connectivity index (χ3n) is 3.79. The number of aromatic nitrogens is 2. The van der Waals surface area contributed by atoms with Crippen LogP contribution in [0.2, 0.25) is 5.02 Å². The Labute approximate surface area is 161 Å². The van der Waals surface area contributed by atoms with Crippen molar-refractivity contribution >= 4 is 23.3 Å². The molecule has 0 radical (unpaired) electrons. The SMILES string of the molecule is CCCN(Cc1nnc(-c2ccccc2Cl)o1)C(=O)Nc1ccccc1F. The molecule has 1 N–H and O–H groups in total. The summed E-state index contributed by atoms with van der Waals surface area (Å²) in [6, 6.07) is 12.7. The summed E-state index contributed by atoms with van der Waals surface area (Å²) in [5.74, 6) is 0.0460. The van der Waals surface area contributed by atoms with E-state index in [0.717, 1.165) is 6.42 Å². The molecular weight excluding hydrogens is 371 g/mol. The molecule has 3 rings (SSSR count). The van der Waals surface area contributed by atoms with Gasteiger partial charge in [-0.05, 0) is 30.7 Å². The Bertz CT molecular complexity index is 931. The van der Waals surface area contributed by atoms with E-state index in [4.69, 9.17) is 16.0 Å². The lowest BCUT2D eigenvalue weighted by Crippen LogP contribution is -2.35. The minimum absolute atomic E-state index is 0.103. The average molecular weight is 389 g/mol. The Balaban J connectivity index is 1.74. The Morgan fingerprint density at radius 2 is 1.93 bits per heavy atom. The maximum Gasteiger partial charge on any atom is 0.322 e. The minimum Gasteiger partial charge on any atom is -0.419 e. The maximum absolute atomic E-state index is 13.8. The number of para-hydroxylation sites is 1. The van der Waals surface area contributed by atoms with Crippen LogP contribution in [0.15, 0.2) is 52.9 Å². The van der Waals surface area contributed by atoms with Crippen LogP contribution < -0.4 is 5.32 Å². The van der Waals surface area contributed by atoms with Crippen LogP contribution in [0.1, 0.15) is 19.2 Å². The summed E-state index contributed by atoms with van der Waals surface area (Å²) in [6.07, 6.45) is 0.718. The molecule has 0 aliphatic heterocycles. The average Bonchev–Trinajstić information content (AvgIpc) is 3.12. The summed E-state index contributed by atoms with van der Waals surface area (Å²) in [4.78, 5) is 14.0.